The average Bonchev–Trinajstić information content (AvgIpc) is 3.74. The molecule has 6 rings (SSSR count). The van der Waals surface area contributed by atoms with Crippen molar-refractivity contribution in [2.45, 2.75) is 45.8 Å². The zero-order valence-corrected chi connectivity index (χ0v) is 25.8. The van der Waals surface area contributed by atoms with E-state index in [1.54, 1.807) is 9.47 Å². The van der Waals surface area contributed by atoms with Crippen molar-refractivity contribution in [1.82, 2.24) is 34.0 Å². The van der Waals surface area contributed by atoms with Crippen LogP contribution in [0.4, 0.5) is 30.5 Å². The molecule has 0 saturated carbocycles. The molecule has 4 aromatic rings. The van der Waals surface area contributed by atoms with Crippen molar-refractivity contribution in [2.75, 3.05) is 54.4 Å². The predicted octanol–water partition coefficient (Wildman–Crippen LogP) is 2.48. The van der Waals surface area contributed by atoms with Gasteiger partial charge in [0.25, 0.3) is 11.5 Å². The van der Waals surface area contributed by atoms with Gasteiger partial charge in [-0.05, 0) is 50.5 Å². The van der Waals surface area contributed by atoms with Crippen molar-refractivity contribution >= 4 is 34.9 Å². The molecule has 2 fully saturated rings. The maximum absolute atomic E-state index is 14.1. The second-order valence-corrected chi connectivity index (χ2v) is 11.4. The van der Waals surface area contributed by atoms with Gasteiger partial charge < -0.3 is 29.7 Å². The molecule has 4 aromatic heterocycles. The Morgan fingerprint density at radius 2 is 1.72 bits per heavy atom. The third kappa shape index (κ3) is 6.16. The summed E-state index contributed by atoms with van der Waals surface area (Å²) in [7, 11) is 0. The molecule has 2 N–H and O–H groups in total. The number of pyridine rings is 2. The first-order valence-corrected chi connectivity index (χ1v) is 15.3. The fraction of sp³-hybridized carbons (Fsp3) is 0.433. The fourth-order valence-electron chi connectivity index (χ4n) is 6.00. The lowest BCUT2D eigenvalue weighted by atomic mass is 10.2. The number of piperazine rings is 1. The van der Waals surface area contributed by atoms with Crippen molar-refractivity contribution < 1.29 is 27.9 Å². The zero-order chi connectivity index (χ0) is 33.5. The lowest BCUT2D eigenvalue weighted by molar-refractivity contribution is -0.141. The highest BCUT2D eigenvalue weighted by molar-refractivity contribution is 5.95. The molecule has 2 aliphatic heterocycles. The van der Waals surface area contributed by atoms with Crippen LogP contribution in [0.25, 0.3) is 5.78 Å². The van der Waals surface area contributed by atoms with Gasteiger partial charge in [0.15, 0.2) is 5.69 Å². The summed E-state index contributed by atoms with van der Waals surface area (Å²) in [4.78, 5) is 58.2. The molecule has 0 unspecified atom stereocenters. The van der Waals surface area contributed by atoms with E-state index in [0.29, 0.717) is 23.8 Å². The number of alkyl halides is 3. The van der Waals surface area contributed by atoms with Gasteiger partial charge in [0.05, 0.1) is 17.1 Å². The monoisotopic (exact) mass is 654 g/mol. The highest BCUT2D eigenvalue weighted by atomic mass is 19.4. The van der Waals surface area contributed by atoms with Crippen LogP contribution < -0.4 is 20.7 Å². The van der Waals surface area contributed by atoms with Gasteiger partial charge in [-0.1, -0.05) is 6.92 Å². The molecular weight excluding hydrogens is 621 g/mol. The number of amides is 2. The zero-order valence-electron chi connectivity index (χ0n) is 25.8. The summed E-state index contributed by atoms with van der Waals surface area (Å²) in [5, 5.41) is 17.3. The fourth-order valence-corrected chi connectivity index (χ4v) is 6.00. The highest BCUT2D eigenvalue weighted by Gasteiger charge is 2.33. The van der Waals surface area contributed by atoms with Crippen LogP contribution in [0, 0.1) is 6.92 Å². The Morgan fingerprint density at radius 1 is 1.00 bits per heavy atom. The smallest absolute Gasteiger partial charge is 0.433 e. The molecule has 2 aliphatic rings. The number of hydrogen-bond acceptors (Lipinski definition) is 10. The van der Waals surface area contributed by atoms with Gasteiger partial charge in [0, 0.05) is 45.5 Å². The summed E-state index contributed by atoms with van der Waals surface area (Å²) in [6.45, 7) is 5.40. The molecular formula is C30H33F3N10O4. The van der Waals surface area contributed by atoms with Crippen molar-refractivity contribution in [3.8, 4) is 5.75 Å². The SMILES string of the molecule is CCc1c(N2CCN(C(=O)c3ncccc3O)CC2)c(=O)n2nc(N3CCCC3)nc2n1CC(=O)Nc1ccc(C(F)(F)F)nc1C. The largest absolute Gasteiger partial charge is 0.505 e. The number of anilines is 3. The number of rotatable bonds is 7. The minimum Gasteiger partial charge on any atom is -0.505 e. The Balaban J connectivity index is 1.33. The summed E-state index contributed by atoms with van der Waals surface area (Å²) in [6, 6.07) is 4.88. The van der Waals surface area contributed by atoms with Crippen LogP contribution in [-0.4, -0.2) is 90.2 Å². The average molecular weight is 655 g/mol. The quantitative estimate of drug-likeness (QED) is 0.304. The molecule has 0 bridgehead atoms. The Bertz CT molecular complexity index is 1890. The topological polar surface area (TPSA) is 154 Å². The molecule has 0 aliphatic carbocycles. The molecule has 0 spiro atoms. The lowest BCUT2D eigenvalue weighted by Gasteiger charge is -2.36. The molecule has 17 heteroatoms. The third-order valence-corrected chi connectivity index (χ3v) is 8.36. The summed E-state index contributed by atoms with van der Waals surface area (Å²) < 4.78 is 42.2. The Hall–Kier alpha value is -5.22. The summed E-state index contributed by atoms with van der Waals surface area (Å²) in [5.74, 6) is -0.683. The molecule has 248 valence electrons. The normalized spacial score (nSPS) is 15.5. The van der Waals surface area contributed by atoms with Crippen LogP contribution >= 0.6 is 0 Å². The number of fused-ring (bicyclic) bond motifs is 1. The summed E-state index contributed by atoms with van der Waals surface area (Å²) in [6.07, 6.45) is -0.960. The number of hydrogen-bond donors (Lipinski definition) is 2. The second kappa shape index (κ2) is 12.5. The van der Waals surface area contributed by atoms with Crippen molar-refractivity contribution in [3.63, 3.8) is 0 Å². The van der Waals surface area contributed by atoms with E-state index in [0.717, 1.165) is 38.1 Å². The number of nitrogens with zero attached hydrogens (tertiary/aromatic N) is 9. The second-order valence-electron chi connectivity index (χ2n) is 11.4. The number of carbonyl (C=O) groups excluding carboxylic acids is 2. The number of aromatic hydroxyl groups is 1. The minimum absolute atomic E-state index is 0.000121. The maximum atomic E-state index is 14.1. The van der Waals surface area contributed by atoms with E-state index < -0.39 is 29.2 Å². The van der Waals surface area contributed by atoms with Gasteiger partial charge in [-0.2, -0.15) is 22.7 Å². The van der Waals surface area contributed by atoms with Crippen LogP contribution in [0.15, 0.2) is 35.3 Å². The molecule has 2 saturated heterocycles. The molecule has 0 radical (unpaired) electrons. The number of carbonyl (C=O) groups is 2. The molecule has 6 heterocycles. The number of aromatic nitrogens is 6. The van der Waals surface area contributed by atoms with E-state index >= 15 is 0 Å². The van der Waals surface area contributed by atoms with Crippen molar-refractivity contribution in [2.24, 2.45) is 0 Å². The molecule has 0 aromatic carbocycles. The first-order valence-electron chi connectivity index (χ1n) is 15.3. The number of aryl methyl sites for hydroxylation is 1. The van der Waals surface area contributed by atoms with E-state index in [9.17, 15) is 32.7 Å². The van der Waals surface area contributed by atoms with E-state index in [4.69, 9.17) is 0 Å². The standard InChI is InChI=1S/C30H33F3N10O4/c1-3-20-25(39-13-15-40(16-14-39)26(46)24-21(44)7-6-10-34-24)27(47)43-29(37-28(38-43)41-11-4-5-12-41)42(20)17-23(45)36-19-8-9-22(30(31,32)33)35-18(19)2/h6-10,44H,3-5,11-17H2,1-2H3,(H,36,45). The van der Waals surface area contributed by atoms with E-state index in [1.807, 2.05) is 16.7 Å². The van der Waals surface area contributed by atoms with E-state index in [1.165, 1.54) is 29.8 Å². The van der Waals surface area contributed by atoms with Crippen LogP contribution in [0.5, 0.6) is 5.75 Å². The molecule has 0 atom stereocenters. The molecule has 2 amide bonds. The highest BCUT2D eigenvalue weighted by Crippen LogP contribution is 2.29. The summed E-state index contributed by atoms with van der Waals surface area (Å²) in [5.41, 5.74) is -0.591. The van der Waals surface area contributed by atoms with Crippen LogP contribution in [0.3, 0.4) is 0 Å². The molecule has 47 heavy (non-hydrogen) atoms. The van der Waals surface area contributed by atoms with Crippen molar-refractivity contribution in [3.05, 3.63) is 63.6 Å². The summed E-state index contributed by atoms with van der Waals surface area (Å²) >= 11 is 0. The predicted molar refractivity (Wildman–Crippen MR) is 165 cm³/mol. The van der Waals surface area contributed by atoms with Crippen LogP contribution in [0.1, 0.15) is 47.3 Å². The van der Waals surface area contributed by atoms with Gasteiger partial charge in [-0.25, -0.2) is 9.97 Å². The maximum Gasteiger partial charge on any atom is 0.433 e. The van der Waals surface area contributed by atoms with Gasteiger partial charge in [0.1, 0.15) is 23.7 Å². The van der Waals surface area contributed by atoms with Gasteiger partial charge in [0.2, 0.25) is 17.6 Å². The van der Waals surface area contributed by atoms with Gasteiger partial charge in [-0.15, -0.1) is 5.10 Å². The Labute approximate surface area is 266 Å². The van der Waals surface area contributed by atoms with Crippen molar-refractivity contribution in [1.29, 1.82) is 0 Å². The first-order chi connectivity index (χ1) is 22.5. The minimum atomic E-state index is -4.62. The third-order valence-electron chi connectivity index (χ3n) is 8.36. The Morgan fingerprint density at radius 3 is 2.36 bits per heavy atom. The first kappa shape index (κ1) is 31.7. The lowest BCUT2D eigenvalue weighted by Crippen LogP contribution is -2.51. The Kier molecular flexibility index (Phi) is 8.46. The number of nitrogens with one attached hydrogen (secondary N) is 1. The number of halogens is 3. The van der Waals surface area contributed by atoms with E-state index in [2.05, 4.69) is 25.4 Å². The van der Waals surface area contributed by atoms with Crippen LogP contribution in [0.2, 0.25) is 0 Å². The van der Waals surface area contributed by atoms with Crippen LogP contribution in [-0.2, 0) is 23.9 Å². The van der Waals surface area contributed by atoms with Gasteiger partial charge in [-0.3, -0.25) is 14.4 Å². The van der Waals surface area contributed by atoms with E-state index in [-0.39, 0.29) is 61.3 Å². The van der Waals surface area contributed by atoms with Gasteiger partial charge >= 0.3 is 6.18 Å². The molecule has 14 nitrogen and oxygen atoms in total.